The number of aromatic nitrogens is 1. The summed E-state index contributed by atoms with van der Waals surface area (Å²) < 4.78 is 57.4. The van der Waals surface area contributed by atoms with Crippen molar-refractivity contribution < 1.29 is 22.3 Å². The fraction of sp³-hybridized carbons (Fsp3) is 0.500. The van der Waals surface area contributed by atoms with Gasteiger partial charge in [-0.25, -0.2) is 18.1 Å². The smallest absolute Gasteiger partial charge is 0.253 e. The lowest BCUT2D eigenvalue weighted by Gasteiger charge is -2.52. The first-order valence-electron chi connectivity index (χ1n) is 11.8. The number of carbonyl (C=O) groups excluding carboxylic acids is 1. The van der Waals surface area contributed by atoms with Crippen LogP contribution in [0.5, 0.6) is 0 Å². The molecule has 0 spiro atoms. The topological polar surface area (TPSA) is 103 Å². The van der Waals surface area contributed by atoms with Crippen LogP contribution in [0.3, 0.4) is 0 Å². The van der Waals surface area contributed by atoms with Crippen LogP contribution >= 0.6 is 0 Å². The standard InChI is InChI=1S/C24H31F2N5O3S/c1-16-5-6-17(14-30-10-7-18(8-11-30)22(27)32)12-21(16)35(33,34)29(2)23-20(4-3-9-28-23)31(35)15-19-13-24(19,25)26/h3-6,9,12,18-19H,7-8,10-11,13-15H2,1-2H3,(H2,27,32)(H,33,34). The first kappa shape index (κ1) is 24.1. The maximum atomic E-state index is 14.9. The summed E-state index contributed by atoms with van der Waals surface area (Å²) in [4.78, 5) is 18.2. The van der Waals surface area contributed by atoms with E-state index in [-0.39, 0.29) is 35.5 Å². The van der Waals surface area contributed by atoms with Crippen LogP contribution in [-0.4, -0.2) is 57.2 Å². The van der Waals surface area contributed by atoms with E-state index in [0.29, 0.717) is 43.7 Å². The molecule has 1 aliphatic carbocycles. The van der Waals surface area contributed by atoms with Crippen LogP contribution in [0.25, 0.3) is 0 Å². The first-order valence-corrected chi connectivity index (χ1v) is 13.6. The third-order valence-electron chi connectivity index (χ3n) is 7.60. The van der Waals surface area contributed by atoms with E-state index in [1.165, 1.54) is 21.9 Å². The van der Waals surface area contributed by atoms with Gasteiger partial charge < -0.3 is 5.73 Å². The van der Waals surface area contributed by atoms with Crippen molar-refractivity contribution in [2.45, 2.75) is 43.5 Å². The second-order valence-corrected chi connectivity index (χ2v) is 13.0. The number of primary amides is 1. The van der Waals surface area contributed by atoms with E-state index < -0.39 is 21.6 Å². The molecule has 3 heterocycles. The van der Waals surface area contributed by atoms with E-state index in [9.17, 15) is 22.3 Å². The molecule has 190 valence electrons. The number of carbonyl (C=O) groups is 1. The Balaban J connectivity index is 1.51. The molecule has 8 nitrogen and oxygen atoms in total. The van der Waals surface area contributed by atoms with Crippen LogP contribution in [0.15, 0.2) is 41.4 Å². The van der Waals surface area contributed by atoms with E-state index in [0.717, 1.165) is 5.56 Å². The molecule has 2 aliphatic heterocycles. The first-order chi connectivity index (χ1) is 16.4. The van der Waals surface area contributed by atoms with Crippen molar-refractivity contribution in [3.05, 3.63) is 47.7 Å². The highest BCUT2D eigenvalue weighted by molar-refractivity contribution is 8.17. The molecule has 1 saturated heterocycles. The minimum absolute atomic E-state index is 0.122. The van der Waals surface area contributed by atoms with Crippen molar-refractivity contribution in [1.82, 2.24) is 9.88 Å². The van der Waals surface area contributed by atoms with Crippen LogP contribution in [-0.2, 0) is 21.1 Å². The Morgan fingerprint density at radius 1 is 1.29 bits per heavy atom. The fourth-order valence-electron chi connectivity index (χ4n) is 5.24. The number of aryl methyl sites for hydroxylation is 1. The second kappa shape index (κ2) is 7.94. The summed E-state index contributed by atoms with van der Waals surface area (Å²) in [6.45, 7) is 3.45. The van der Waals surface area contributed by atoms with Gasteiger partial charge in [-0.3, -0.25) is 18.6 Å². The van der Waals surface area contributed by atoms with Crippen LogP contribution < -0.4 is 14.3 Å². The molecule has 5 rings (SSSR count). The van der Waals surface area contributed by atoms with Gasteiger partial charge in [-0.05, 0) is 71.9 Å². The second-order valence-electron chi connectivity index (χ2n) is 9.95. The number of benzene rings is 1. The third-order valence-corrected chi connectivity index (χ3v) is 11.1. The molecule has 1 unspecified atom stereocenters. The molecule has 1 saturated carbocycles. The zero-order valence-electron chi connectivity index (χ0n) is 19.9. The van der Waals surface area contributed by atoms with Gasteiger partial charge in [-0.2, -0.15) is 4.21 Å². The number of rotatable bonds is 6. The predicted octanol–water partition coefficient (Wildman–Crippen LogP) is 3.18. The average Bonchev–Trinajstić information content (AvgIpc) is 3.39. The number of pyridine rings is 1. The van der Waals surface area contributed by atoms with E-state index in [1.807, 2.05) is 6.07 Å². The number of hydrogen-bond donors (Lipinski definition) is 2. The van der Waals surface area contributed by atoms with Crippen LogP contribution in [0.4, 0.5) is 20.3 Å². The Hall–Kier alpha value is -2.63. The molecule has 11 heteroatoms. The highest BCUT2D eigenvalue weighted by Gasteiger charge is 2.61. The molecule has 1 amide bonds. The highest BCUT2D eigenvalue weighted by atomic mass is 32.3. The fourth-order valence-corrected chi connectivity index (χ4v) is 8.45. The van der Waals surface area contributed by atoms with Gasteiger partial charge in [0.15, 0.2) is 5.82 Å². The minimum Gasteiger partial charge on any atom is -0.369 e. The summed E-state index contributed by atoms with van der Waals surface area (Å²) in [5, 5.41) is 0. The van der Waals surface area contributed by atoms with Crippen LogP contribution in [0.2, 0.25) is 0 Å². The maximum Gasteiger partial charge on any atom is 0.253 e. The molecular formula is C24H31F2N5O3S. The summed E-state index contributed by atoms with van der Waals surface area (Å²) >= 11 is 0. The van der Waals surface area contributed by atoms with E-state index in [1.54, 1.807) is 31.2 Å². The molecule has 3 N–H and O–H groups in total. The molecular weight excluding hydrogens is 476 g/mol. The van der Waals surface area contributed by atoms with E-state index in [4.69, 9.17) is 5.73 Å². The summed E-state index contributed by atoms with van der Waals surface area (Å²) in [6.07, 6.45) is 2.59. The van der Waals surface area contributed by atoms with Gasteiger partial charge in [0.2, 0.25) is 5.91 Å². The largest absolute Gasteiger partial charge is 0.369 e. The molecule has 2 fully saturated rings. The molecule has 3 aliphatic rings. The Bertz CT molecular complexity index is 1250. The van der Waals surface area contributed by atoms with E-state index in [2.05, 4.69) is 9.88 Å². The predicted molar refractivity (Wildman–Crippen MR) is 130 cm³/mol. The number of alkyl halides is 2. The van der Waals surface area contributed by atoms with Crippen molar-refractivity contribution >= 4 is 27.1 Å². The van der Waals surface area contributed by atoms with Crippen molar-refractivity contribution in [2.75, 3.05) is 35.3 Å². The molecule has 1 aromatic heterocycles. The third kappa shape index (κ3) is 3.80. The molecule has 35 heavy (non-hydrogen) atoms. The highest BCUT2D eigenvalue weighted by Crippen LogP contribution is 2.57. The van der Waals surface area contributed by atoms with Gasteiger partial charge >= 0.3 is 0 Å². The molecule has 0 bridgehead atoms. The zero-order valence-corrected chi connectivity index (χ0v) is 20.7. The number of fused-ring (bicyclic) bond motifs is 1. The zero-order chi connectivity index (χ0) is 25.2. The lowest BCUT2D eigenvalue weighted by Crippen LogP contribution is -2.58. The summed E-state index contributed by atoms with van der Waals surface area (Å²) in [7, 11) is -3.50. The Morgan fingerprint density at radius 2 is 1.97 bits per heavy atom. The van der Waals surface area contributed by atoms with Gasteiger partial charge in [0.1, 0.15) is 5.69 Å². The summed E-state index contributed by atoms with van der Waals surface area (Å²) in [5.41, 5.74) is 7.24. The van der Waals surface area contributed by atoms with Crippen LogP contribution in [0.1, 0.15) is 30.4 Å². The number of likely N-dealkylation sites (tertiary alicyclic amines) is 1. The molecule has 2 aromatic rings. The lowest BCUT2D eigenvalue weighted by atomic mass is 9.96. The van der Waals surface area contributed by atoms with Crippen molar-refractivity contribution in [2.24, 2.45) is 17.6 Å². The Morgan fingerprint density at radius 3 is 2.60 bits per heavy atom. The van der Waals surface area contributed by atoms with Gasteiger partial charge in [-0.1, -0.05) is 12.1 Å². The number of nitrogens with two attached hydrogens (primary N) is 1. The number of amides is 1. The number of hydrogen-bond acceptors (Lipinski definition) is 4. The number of piperidine rings is 1. The Labute approximate surface area is 203 Å². The SMILES string of the molecule is Cc1ccc(CN2CCC(C(N)=O)CC2)cc1S1(=O)(O)N(C)c2ncccc2N1CC1CC1(F)F. The quantitative estimate of drug-likeness (QED) is 0.625. The molecule has 0 radical (unpaired) electrons. The van der Waals surface area contributed by atoms with Crippen molar-refractivity contribution in [3.8, 4) is 0 Å². The van der Waals surface area contributed by atoms with Gasteiger partial charge in [0.05, 0.1) is 4.90 Å². The van der Waals surface area contributed by atoms with E-state index >= 15 is 0 Å². The van der Waals surface area contributed by atoms with Gasteiger partial charge in [0, 0.05) is 44.6 Å². The van der Waals surface area contributed by atoms with Gasteiger partial charge in [-0.15, -0.1) is 0 Å². The normalized spacial score (nSPS) is 26.1. The average molecular weight is 508 g/mol. The maximum absolute atomic E-state index is 14.9. The van der Waals surface area contributed by atoms with Crippen molar-refractivity contribution in [3.63, 3.8) is 0 Å². The summed E-state index contributed by atoms with van der Waals surface area (Å²) in [6, 6.07) is 8.71. The molecule has 1 atom stereocenters. The van der Waals surface area contributed by atoms with Crippen LogP contribution in [0, 0.1) is 18.8 Å². The number of anilines is 2. The number of halogens is 2. The molecule has 1 aromatic carbocycles. The Kier molecular flexibility index (Phi) is 5.46. The minimum atomic E-state index is -4.99. The number of nitrogens with zero attached hydrogens (tertiary/aromatic N) is 4. The summed E-state index contributed by atoms with van der Waals surface area (Å²) in [5.74, 6) is -3.94. The van der Waals surface area contributed by atoms with Gasteiger partial charge in [0.25, 0.3) is 5.92 Å². The lowest BCUT2D eigenvalue weighted by molar-refractivity contribution is -0.123. The monoisotopic (exact) mass is 507 g/mol. The van der Waals surface area contributed by atoms with Crippen molar-refractivity contribution in [1.29, 1.82) is 0 Å².